The van der Waals surface area contributed by atoms with E-state index in [1.54, 1.807) is 0 Å². The van der Waals surface area contributed by atoms with Crippen LogP contribution >= 0.6 is 12.2 Å². The summed E-state index contributed by atoms with van der Waals surface area (Å²) in [6.45, 7) is 2.61. The molecule has 0 atom stereocenters. The van der Waals surface area contributed by atoms with Crippen LogP contribution in [0.1, 0.15) is 12.1 Å². The third-order valence-corrected chi connectivity index (χ3v) is 2.91. The lowest BCUT2D eigenvalue weighted by Gasteiger charge is -2.23. The number of nitrogens with two attached hydrogens (primary N) is 1. The van der Waals surface area contributed by atoms with Gasteiger partial charge in [0.2, 0.25) is 0 Å². The van der Waals surface area contributed by atoms with Crippen LogP contribution in [0.3, 0.4) is 0 Å². The second-order valence-electron chi connectivity index (χ2n) is 4.24. The van der Waals surface area contributed by atoms with Gasteiger partial charge in [0.1, 0.15) is 0 Å². The van der Waals surface area contributed by atoms with Crippen LogP contribution in [0.2, 0.25) is 0 Å². The Balaban J connectivity index is 2.28. The molecule has 0 fully saturated rings. The number of hydrogen-bond acceptors (Lipinski definition) is 4. The highest BCUT2D eigenvalue weighted by Gasteiger charge is 2.11. The molecular formula is C14H16N4S. The molecule has 98 valence electrons. The summed E-state index contributed by atoms with van der Waals surface area (Å²) in [6, 6.07) is 13.9. The first-order valence-corrected chi connectivity index (χ1v) is 6.49. The molecule has 2 rings (SSSR count). The van der Waals surface area contributed by atoms with Crippen molar-refractivity contribution >= 4 is 28.7 Å². The Labute approximate surface area is 118 Å². The minimum Gasteiger partial charge on any atom is -0.393 e. The van der Waals surface area contributed by atoms with Crippen molar-refractivity contribution in [2.45, 2.75) is 13.3 Å². The van der Waals surface area contributed by atoms with E-state index < -0.39 is 0 Å². The van der Waals surface area contributed by atoms with Gasteiger partial charge in [0.05, 0.1) is 10.7 Å². The van der Waals surface area contributed by atoms with Crippen LogP contribution in [-0.4, -0.2) is 21.7 Å². The average Bonchev–Trinajstić information content (AvgIpc) is 2.42. The maximum Gasteiger partial charge on any atom is 0.155 e. The van der Waals surface area contributed by atoms with Crippen LogP contribution in [0.25, 0.3) is 0 Å². The first kappa shape index (κ1) is 13.4. The van der Waals surface area contributed by atoms with Crippen molar-refractivity contribution in [1.82, 2.24) is 10.2 Å². The number of thiocarbonyl (C=S) groups is 1. The van der Waals surface area contributed by atoms with Gasteiger partial charge in [-0.3, -0.25) is 0 Å². The maximum atomic E-state index is 5.59. The normalized spacial score (nSPS) is 10.2. The van der Waals surface area contributed by atoms with Gasteiger partial charge in [0, 0.05) is 18.7 Å². The number of rotatable bonds is 5. The minimum atomic E-state index is 0.501. The van der Waals surface area contributed by atoms with Gasteiger partial charge in [-0.15, -0.1) is 5.10 Å². The molecule has 0 saturated carbocycles. The third-order valence-electron chi connectivity index (χ3n) is 2.71. The molecule has 0 bridgehead atoms. The number of aromatic nitrogens is 2. The summed E-state index contributed by atoms with van der Waals surface area (Å²) in [6.07, 6.45) is 0.639. The van der Waals surface area contributed by atoms with Crippen LogP contribution in [0.4, 0.5) is 11.5 Å². The number of para-hydroxylation sites is 1. The van der Waals surface area contributed by atoms with Crippen LogP contribution < -0.4 is 10.6 Å². The van der Waals surface area contributed by atoms with Crippen molar-refractivity contribution in [3.63, 3.8) is 0 Å². The summed E-state index contributed by atoms with van der Waals surface area (Å²) in [4.78, 5) is 2.56. The summed E-state index contributed by atoms with van der Waals surface area (Å²) < 4.78 is 0. The molecule has 0 unspecified atom stereocenters. The SMILES string of the molecule is Cc1ccc(N(CCC(N)=S)c2ccccc2)nn1. The van der Waals surface area contributed by atoms with Gasteiger partial charge in [0.25, 0.3) is 0 Å². The number of aryl methyl sites for hydroxylation is 1. The standard InChI is InChI=1S/C14H16N4S/c1-11-7-8-14(17-16-11)18(10-9-13(15)19)12-5-3-2-4-6-12/h2-8H,9-10H2,1H3,(H2,15,19). The van der Waals surface area contributed by atoms with E-state index in [9.17, 15) is 0 Å². The molecule has 1 aromatic carbocycles. The predicted octanol–water partition coefficient (Wildman–Crippen LogP) is 2.60. The predicted molar refractivity (Wildman–Crippen MR) is 81.6 cm³/mol. The molecule has 19 heavy (non-hydrogen) atoms. The number of benzene rings is 1. The highest BCUT2D eigenvalue weighted by atomic mass is 32.1. The van der Waals surface area contributed by atoms with Crippen LogP contribution in [-0.2, 0) is 0 Å². The fourth-order valence-corrected chi connectivity index (χ4v) is 1.83. The van der Waals surface area contributed by atoms with Crippen molar-refractivity contribution in [3.05, 3.63) is 48.2 Å². The van der Waals surface area contributed by atoms with Crippen LogP contribution in [0.15, 0.2) is 42.5 Å². The van der Waals surface area contributed by atoms with Gasteiger partial charge < -0.3 is 10.6 Å². The molecule has 1 aromatic heterocycles. The Hall–Kier alpha value is -2.01. The lowest BCUT2D eigenvalue weighted by Crippen LogP contribution is -2.24. The van der Waals surface area contributed by atoms with E-state index in [1.165, 1.54) is 0 Å². The molecule has 0 saturated heterocycles. The van der Waals surface area contributed by atoms with E-state index in [2.05, 4.69) is 15.1 Å². The smallest absolute Gasteiger partial charge is 0.155 e. The van der Waals surface area contributed by atoms with Gasteiger partial charge in [-0.1, -0.05) is 30.4 Å². The van der Waals surface area contributed by atoms with Crippen molar-refractivity contribution in [3.8, 4) is 0 Å². The molecule has 1 heterocycles. The highest BCUT2D eigenvalue weighted by molar-refractivity contribution is 7.80. The number of nitrogens with zero attached hydrogens (tertiary/aromatic N) is 3. The Kier molecular flexibility index (Phi) is 4.41. The first-order chi connectivity index (χ1) is 9.16. The van der Waals surface area contributed by atoms with Crippen molar-refractivity contribution in [2.75, 3.05) is 11.4 Å². The summed E-state index contributed by atoms with van der Waals surface area (Å²) in [5.74, 6) is 0.799. The third kappa shape index (κ3) is 3.72. The van der Waals surface area contributed by atoms with Gasteiger partial charge >= 0.3 is 0 Å². The van der Waals surface area contributed by atoms with Crippen molar-refractivity contribution in [2.24, 2.45) is 5.73 Å². The van der Waals surface area contributed by atoms with E-state index >= 15 is 0 Å². The summed E-state index contributed by atoms with van der Waals surface area (Å²) in [5, 5.41) is 8.32. The van der Waals surface area contributed by atoms with Gasteiger partial charge in [-0.05, 0) is 31.2 Å². The first-order valence-electron chi connectivity index (χ1n) is 6.08. The quantitative estimate of drug-likeness (QED) is 0.848. The van der Waals surface area contributed by atoms with Gasteiger partial charge in [0.15, 0.2) is 5.82 Å². The Morgan fingerprint density at radius 3 is 2.47 bits per heavy atom. The fraction of sp³-hybridized carbons (Fsp3) is 0.214. The van der Waals surface area contributed by atoms with Crippen LogP contribution in [0, 0.1) is 6.92 Å². The van der Waals surface area contributed by atoms with E-state index in [4.69, 9.17) is 18.0 Å². The van der Waals surface area contributed by atoms with Crippen molar-refractivity contribution < 1.29 is 0 Å². The second kappa shape index (κ2) is 6.24. The molecule has 2 N–H and O–H groups in total. The fourth-order valence-electron chi connectivity index (χ4n) is 1.74. The molecule has 0 amide bonds. The Morgan fingerprint density at radius 1 is 1.16 bits per heavy atom. The molecule has 0 aliphatic rings. The van der Waals surface area contributed by atoms with Gasteiger partial charge in [-0.25, -0.2) is 0 Å². The van der Waals surface area contributed by atoms with Crippen LogP contribution in [0.5, 0.6) is 0 Å². The van der Waals surface area contributed by atoms with E-state index in [0.717, 1.165) is 17.2 Å². The average molecular weight is 272 g/mol. The lowest BCUT2D eigenvalue weighted by molar-refractivity contribution is 0.891. The molecule has 0 aliphatic heterocycles. The summed E-state index contributed by atoms with van der Waals surface area (Å²) >= 11 is 4.95. The largest absolute Gasteiger partial charge is 0.393 e. The number of hydrogen-bond donors (Lipinski definition) is 1. The maximum absolute atomic E-state index is 5.59. The zero-order chi connectivity index (χ0) is 13.7. The second-order valence-corrected chi connectivity index (χ2v) is 4.76. The number of anilines is 2. The monoisotopic (exact) mass is 272 g/mol. The zero-order valence-electron chi connectivity index (χ0n) is 10.8. The minimum absolute atomic E-state index is 0.501. The summed E-state index contributed by atoms with van der Waals surface area (Å²) in [5.41, 5.74) is 7.54. The molecular weight excluding hydrogens is 256 g/mol. The Morgan fingerprint density at radius 2 is 1.89 bits per heavy atom. The molecule has 0 aliphatic carbocycles. The molecule has 0 spiro atoms. The van der Waals surface area contributed by atoms with Gasteiger partial charge in [-0.2, -0.15) is 5.10 Å². The van der Waals surface area contributed by atoms with E-state index in [-0.39, 0.29) is 0 Å². The molecule has 4 nitrogen and oxygen atoms in total. The summed E-state index contributed by atoms with van der Waals surface area (Å²) in [7, 11) is 0. The molecule has 0 radical (unpaired) electrons. The van der Waals surface area contributed by atoms with E-state index in [0.29, 0.717) is 18.0 Å². The zero-order valence-corrected chi connectivity index (χ0v) is 11.6. The lowest BCUT2D eigenvalue weighted by atomic mass is 10.2. The highest BCUT2D eigenvalue weighted by Crippen LogP contribution is 2.22. The Bertz CT molecular complexity index is 539. The van der Waals surface area contributed by atoms with Crippen molar-refractivity contribution in [1.29, 1.82) is 0 Å². The molecule has 5 heteroatoms. The molecule has 2 aromatic rings. The topological polar surface area (TPSA) is 55.0 Å². The van der Waals surface area contributed by atoms with E-state index in [1.807, 2.05) is 49.4 Å².